The number of hydrogen-bond acceptors (Lipinski definition) is 12. The van der Waals surface area contributed by atoms with Gasteiger partial charge in [-0.25, -0.2) is 19.0 Å². The number of imide groups is 1. The number of nitrogens with one attached hydrogen (secondary N) is 1. The quantitative estimate of drug-likeness (QED) is 0.132. The number of amides is 4. The highest BCUT2D eigenvalue weighted by molar-refractivity contribution is 6.05. The van der Waals surface area contributed by atoms with E-state index in [2.05, 4.69) is 31.2 Å². The van der Waals surface area contributed by atoms with Crippen molar-refractivity contribution in [3.63, 3.8) is 0 Å². The molecule has 3 aromatic carbocycles. The number of aromatic nitrogens is 5. The Balaban J connectivity index is 0.688. The molecule has 4 aliphatic heterocycles. The highest BCUT2D eigenvalue weighted by atomic mass is 19.1. The van der Waals surface area contributed by atoms with Crippen molar-refractivity contribution in [3.8, 4) is 11.3 Å². The lowest BCUT2D eigenvalue weighted by atomic mass is 10.0. The first-order valence-corrected chi connectivity index (χ1v) is 22.0. The van der Waals surface area contributed by atoms with Crippen LogP contribution in [0.3, 0.4) is 0 Å². The van der Waals surface area contributed by atoms with Gasteiger partial charge in [0, 0.05) is 75.5 Å². The number of fused-ring (bicyclic) bond motifs is 3. The molecule has 330 valence electrons. The van der Waals surface area contributed by atoms with Gasteiger partial charge in [0.15, 0.2) is 11.2 Å². The molecule has 3 N–H and O–H groups in total. The van der Waals surface area contributed by atoms with Crippen molar-refractivity contribution in [2.24, 2.45) is 0 Å². The average molecular weight is 870 g/mol. The van der Waals surface area contributed by atoms with Crippen LogP contribution in [0.1, 0.15) is 72.5 Å². The second-order valence-corrected chi connectivity index (χ2v) is 17.2. The number of unbranched alkanes of at least 4 members (excludes halogenated alkanes) is 2. The van der Waals surface area contributed by atoms with E-state index in [4.69, 9.17) is 15.4 Å². The molecular formula is C46H48FN11O6. The minimum absolute atomic E-state index is 0.0796. The molecule has 3 saturated heterocycles. The number of likely N-dealkylation sites (tertiary alicyclic amines) is 1. The number of nitrogens with zero attached hydrogens (tertiary/aromatic N) is 9. The van der Waals surface area contributed by atoms with E-state index in [0.29, 0.717) is 66.2 Å². The molecule has 0 saturated carbocycles. The van der Waals surface area contributed by atoms with Gasteiger partial charge in [-0.05, 0) is 79.8 Å². The van der Waals surface area contributed by atoms with E-state index < -0.39 is 23.3 Å². The summed E-state index contributed by atoms with van der Waals surface area (Å²) in [6, 6.07) is 16.6. The number of hydrogen-bond donors (Lipinski definition) is 2. The molecule has 64 heavy (non-hydrogen) atoms. The van der Waals surface area contributed by atoms with Gasteiger partial charge in [-0.3, -0.25) is 34.2 Å². The van der Waals surface area contributed by atoms with E-state index in [1.165, 1.54) is 29.3 Å². The standard InChI is InChI=1S/C46H48FN11O6/c47-31-9-13-37-35(23-31)46(63)57(64-37)24-28-5-7-29(8-6-28)41-40-42(48)49-27-50-43(40)58(52-41)33-15-17-55(26-33)39(60)4-2-1-3-16-53-18-20-54(21-19-53)32-10-11-34-30(22-32)25-56(45(34)62)36-12-14-38(59)51-44(36)61/h5-11,13,22-23,27,33,36H,1-4,12,14-21,24-26H2,(H2,48,49,50)(H,51,59,61)/t33?,36-/m0/s1. The van der Waals surface area contributed by atoms with Crippen LogP contribution in [0.4, 0.5) is 15.9 Å². The summed E-state index contributed by atoms with van der Waals surface area (Å²) in [5, 5.41) is 8.19. The molecule has 0 bridgehead atoms. The van der Waals surface area contributed by atoms with Gasteiger partial charge in [-0.15, -0.1) is 0 Å². The number of piperazine rings is 1. The minimum atomic E-state index is -0.621. The zero-order valence-electron chi connectivity index (χ0n) is 35.2. The van der Waals surface area contributed by atoms with Gasteiger partial charge in [-0.1, -0.05) is 30.7 Å². The summed E-state index contributed by atoms with van der Waals surface area (Å²) in [5.74, 6) is -0.905. The predicted octanol–water partition coefficient (Wildman–Crippen LogP) is 4.09. The monoisotopic (exact) mass is 869 g/mol. The van der Waals surface area contributed by atoms with Crippen molar-refractivity contribution in [3.05, 3.63) is 99.9 Å². The number of carbonyl (C=O) groups is 4. The Morgan fingerprint density at radius 1 is 0.906 bits per heavy atom. The van der Waals surface area contributed by atoms with Crippen molar-refractivity contribution in [1.82, 2.24) is 44.5 Å². The van der Waals surface area contributed by atoms with Crippen molar-refractivity contribution in [2.75, 3.05) is 56.4 Å². The fraction of sp³-hybridized carbons (Fsp3) is 0.391. The summed E-state index contributed by atoms with van der Waals surface area (Å²) in [5.41, 5.74) is 11.8. The third kappa shape index (κ3) is 7.86. The molecule has 18 heteroatoms. The van der Waals surface area contributed by atoms with E-state index >= 15 is 0 Å². The van der Waals surface area contributed by atoms with Crippen LogP contribution in [-0.2, 0) is 27.5 Å². The zero-order chi connectivity index (χ0) is 44.1. The Hall–Kier alpha value is -6.95. The van der Waals surface area contributed by atoms with Crippen LogP contribution in [0.15, 0.2) is 76.3 Å². The number of nitrogen functional groups attached to an aromatic ring is 1. The Morgan fingerprint density at radius 2 is 1.73 bits per heavy atom. The molecule has 4 aliphatic rings. The Kier molecular flexibility index (Phi) is 10.9. The molecule has 4 amide bonds. The van der Waals surface area contributed by atoms with Crippen LogP contribution in [0.2, 0.25) is 0 Å². The number of anilines is 2. The summed E-state index contributed by atoms with van der Waals surface area (Å²) >= 11 is 0. The van der Waals surface area contributed by atoms with Gasteiger partial charge in [0.05, 0.1) is 23.4 Å². The van der Waals surface area contributed by atoms with Crippen molar-refractivity contribution < 1.29 is 28.1 Å². The fourth-order valence-corrected chi connectivity index (χ4v) is 9.64. The van der Waals surface area contributed by atoms with Crippen LogP contribution < -0.4 is 21.5 Å². The average Bonchev–Trinajstić information content (AvgIpc) is 4.08. The molecular weight excluding hydrogens is 822 g/mol. The largest absolute Gasteiger partial charge is 0.383 e. The highest BCUT2D eigenvalue weighted by Crippen LogP contribution is 2.35. The molecule has 0 spiro atoms. The number of carbonyl (C=O) groups excluding carboxylic acids is 4. The maximum Gasteiger partial charge on any atom is 0.290 e. The molecule has 17 nitrogen and oxygen atoms in total. The van der Waals surface area contributed by atoms with Crippen LogP contribution in [0.5, 0.6) is 0 Å². The number of halogens is 1. The first-order chi connectivity index (χ1) is 31.1. The number of nitrogens with two attached hydrogens (primary N) is 1. The molecule has 3 aromatic heterocycles. The second kappa shape index (κ2) is 17.0. The molecule has 1 unspecified atom stereocenters. The molecule has 0 aliphatic carbocycles. The molecule has 7 heterocycles. The van der Waals surface area contributed by atoms with E-state index in [1.54, 1.807) is 4.90 Å². The van der Waals surface area contributed by atoms with Crippen LogP contribution >= 0.6 is 0 Å². The second-order valence-electron chi connectivity index (χ2n) is 17.2. The van der Waals surface area contributed by atoms with E-state index in [-0.39, 0.29) is 42.1 Å². The van der Waals surface area contributed by atoms with Gasteiger partial charge in [0.2, 0.25) is 17.7 Å². The molecule has 0 radical (unpaired) electrons. The van der Waals surface area contributed by atoms with Crippen LogP contribution in [0.25, 0.3) is 33.3 Å². The van der Waals surface area contributed by atoms with E-state index in [0.717, 1.165) is 80.8 Å². The number of piperidine rings is 1. The lowest BCUT2D eigenvalue weighted by Gasteiger charge is -2.36. The molecule has 3 fully saturated rings. The SMILES string of the molecule is Nc1ncnc2c1c(-c1ccc(Cn3oc4ccc(F)cc4c3=O)cc1)nn2C1CCN(C(=O)CCCCCN2CCN(c3ccc4c(c3)CN([C@H]3CCC(=O)NC3=O)C4=O)CC2)C1. The van der Waals surface area contributed by atoms with Gasteiger partial charge in [0.1, 0.15) is 29.7 Å². The lowest BCUT2D eigenvalue weighted by Crippen LogP contribution is -2.52. The summed E-state index contributed by atoms with van der Waals surface area (Å²) in [6.45, 7) is 6.25. The molecule has 10 rings (SSSR count). The third-order valence-corrected chi connectivity index (χ3v) is 13.2. The third-order valence-electron chi connectivity index (χ3n) is 13.2. The Morgan fingerprint density at radius 3 is 2.55 bits per heavy atom. The highest BCUT2D eigenvalue weighted by Gasteiger charge is 2.39. The van der Waals surface area contributed by atoms with Crippen molar-refractivity contribution in [1.29, 1.82) is 0 Å². The van der Waals surface area contributed by atoms with Gasteiger partial charge in [0.25, 0.3) is 11.5 Å². The Labute approximate surface area is 366 Å². The zero-order valence-corrected chi connectivity index (χ0v) is 35.2. The van der Waals surface area contributed by atoms with Gasteiger partial charge < -0.3 is 25.0 Å². The lowest BCUT2D eigenvalue weighted by molar-refractivity contribution is -0.137. The summed E-state index contributed by atoms with van der Waals surface area (Å²) in [4.78, 5) is 80.6. The smallest absolute Gasteiger partial charge is 0.290 e. The molecule has 2 atom stereocenters. The van der Waals surface area contributed by atoms with E-state index in [1.807, 2.05) is 46.0 Å². The topological polar surface area (TPSA) is 198 Å². The summed E-state index contributed by atoms with van der Waals surface area (Å²) < 4.78 is 22.5. The maximum absolute atomic E-state index is 13.7. The number of rotatable bonds is 12. The van der Waals surface area contributed by atoms with E-state index in [9.17, 15) is 28.4 Å². The van der Waals surface area contributed by atoms with Crippen LogP contribution in [-0.4, -0.2) is 115 Å². The maximum atomic E-state index is 13.7. The fourth-order valence-electron chi connectivity index (χ4n) is 9.64. The Bertz CT molecular complexity index is 2860. The first kappa shape index (κ1) is 41.1. The normalized spacial score (nSPS) is 19.3. The van der Waals surface area contributed by atoms with Crippen molar-refractivity contribution >= 4 is 57.1 Å². The van der Waals surface area contributed by atoms with Crippen LogP contribution in [0, 0.1) is 5.82 Å². The summed E-state index contributed by atoms with van der Waals surface area (Å²) in [6.07, 6.45) is 6.03. The first-order valence-electron chi connectivity index (χ1n) is 22.0. The number of benzene rings is 3. The van der Waals surface area contributed by atoms with Crippen molar-refractivity contribution in [2.45, 2.75) is 70.1 Å². The minimum Gasteiger partial charge on any atom is -0.383 e. The van der Waals surface area contributed by atoms with Gasteiger partial charge >= 0.3 is 0 Å². The summed E-state index contributed by atoms with van der Waals surface area (Å²) in [7, 11) is 0. The molecule has 6 aromatic rings. The van der Waals surface area contributed by atoms with Gasteiger partial charge in [-0.2, -0.15) is 9.84 Å². The predicted molar refractivity (Wildman–Crippen MR) is 235 cm³/mol.